The molecule has 0 saturated heterocycles. The van der Waals surface area contributed by atoms with Gasteiger partial charge in [-0.3, -0.25) is 4.79 Å². The van der Waals surface area contributed by atoms with Crippen LogP contribution in [0, 0.1) is 31.6 Å². The minimum Gasteiger partial charge on any atom is -0.481 e. The van der Waals surface area contributed by atoms with Crippen molar-refractivity contribution < 1.29 is 14.3 Å². The first-order chi connectivity index (χ1) is 12.4. The Kier molecular flexibility index (Phi) is 7.86. The van der Waals surface area contributed by atoms with Crippen molar-refractivity contribution in [3.05, 3.63) is 47.0 Å². The van der Waals surface area contributed by atoms with E-state index in [0.717, 1.165) is 32.1 Å². The Hall–Kier alpha value is -1.64. The number of carbonyl (C=O) groups is 1. The number of hydrogen-bond acceptors (Lipinski definition) is 1. The van der Waals surface area contributed by atoms with E-state index in [1.165, 1.54) is 16.7 Å². The zero-order valence-electron chi connectivity index (χ0n) is 16.4. The van der Waals surface area contributed by atoms with E-state index in [1.54, 1.807) is 0 Å². The first-order valence-electron chi connectivity index (χ1n) is 9.96. The Bertz CT molecular complexity index is 602. The molecule has 0 spiro atoms. The van der Waals surface area contributed by atoms with Crippen LogP contribution in [0.15, 0.2) is 30.4 Å². The Labute approximate surface area is 157 Å². The molecule has 0 radical (unpaired) electrons. The van der Waals surface area contributed by atoms with Gasteiger partial charge in [0.05, 0.1) is 0 Å². The minimum absolute atomic E-state index is 0.132. The lowest BCUT2D eigenvalue weighted by Crippen LogP contribution is -2.19. The molecule has 1 saturated carbocycles. The maximum Gasteiger partial charge on any atom is 0.303 e. The third-order valence-corrected chi connectivity index (χ3v) is 5.97. The lowest BCUT2D eigenvalue weighted by Gasteiger charge is -2.21. The topological polar surface area (TPSA) is 37.3 Å². The monoisotopic (exact) mass is 360 g/mol. The fraction of sp³-hybridized carbons (Fsp3) is 0.609. The Morgan fingerprint density at radius 2 is 1.96 bits per heavy atom. The van der Waals surface area contributed by atoms with Crippen LogP contribution in [-0.2, 0) is 11.2 Å². The SMILES string of the molecule is Cc1cccc(C)c1CC[C@H]1C(F)C(C)C[C@@H]1C/C=C\CCCC(=O)O. The molecule has 0 aliphatic heterocycles. The molecule has 144 valence electrons. The van der Waals surface area contributed by atoms with E-state index < -0.39 is 12.1 Å². The third kappa shape index (κ3) is 5.69. The molecule has 1 aliphatic carbocycles. The molecular weight excluding hydrogens is 327 g/mol. The summed E-state index contributed by atoms with van der Waals surface area (Å²) < 4.78 is 14.8. The Morgan fingerprint density at radius 3 is 2.62 bits per heavy atom. The number of alkyl halides is 1. The predicted molar refractivity (Wildman–Crippen MR) is 105 cm³/mol. The molecule has 4 atom stereocenters. The van der Waals surface area contributed by atoms with Crippen LogP contribution >= 0.6 is 0 Å². The summed E-state index contributed by atoms with van der Waals surface area (Å²) in [6, 6.07) is 6.37. The first-order valence-corrected chi connectivity index (χ1v) is 9.96. The summed E-state index contributed by atoms with van der Waals surface area (Å²) in [6.07, 6.45) is 8.93. The van der Waals surface area contributed by atoms with Gasteiger partial charge in [0.2, 0.25) is 0 Å². The van der Waals surface area contributed by atoms with Crippen LogP contribution in [0.2, 0.25) is 0 Å². The van der Waals surface area contributed by atoms with E-state index >= 15 is 0 Å². The van der Waals surface area contributed by atoms with Gasteiger partial charge in [0.15, 0.2) is 0 Å². The number of unbranched alkanes of at least 4 members (excludes halogenated alkanes) is 1. The van der Waals surface area contributed by atoms with Gasteiger partial charge in [0.1, 0.15) is 6.17 Å². The average Bonchev–Trinajstić information content (AvgIpc) is 2.84. The summed E-state index contributed by atoms with van der Waals surface area (Å²) in [5, 5.41) is 8.66. The molecule has 1 N–H and O–H groups in total. The number of halogens is 1. The first kappa shape index (κ1) is 20.7. The molecule has 0 heterocycles. The van der Waals surface area contributed by atoms with Gasteiger partial charge in [-0.1, -0.05) is 37.3 Å². The number of allylic oxidation sites excluding steroid dienone is 2. The number of benzene rings is 1. The average molecular weight is 361 g/mol. The van der Waals surface area contributed by atoms with Crippen molar-refractivity contribution in [3.63, 3.8) is 0 Å². The zero-order chi connectivity index (χ0) is 19.1. The summed E-state index contributed by atoms with van der Waals surface area (Å²) in [7, 11) is 0. The highest BCUT2D eigenvalue weighted by atomic mass is 19.1. The molecular formula is C23H33FO2. The van der Waals surface area contributed by atoms with Gasteiger partial charge in [-0.15, -0.1) is 0 Å². The van der Waals surface area contributed by atoms with Gasteiger partial charge in [-0.2, -0.15) is 0 Å². The fourth-order valence-electron chi connectivity index (χ4n) is 4.44. The smallest absolute Gasteiger partial charge is 0.303 e. The number of aryl methyl sites for hydroxylation is 2. The van der Waals surface area contributed by atoms with E-state index in [1.807, 2.05) is 6.92 Å². The molecule has 2 unspecified atom stereocenters. The van der Waals surface area contributed by atoms with Crippen molar-refractivity contribution in [3.8, 4) is 0 Å². The van der Waals surface area contributed by atoms with Gasteiger partial charge in [-0.05, 0) is 86.8 Å². The van der Waals surface area contributed by atoms with Gasteiger partial charge >= 0.3 is 5.97 Å². The third-order valence-electron chi connectivity index (χ3n) is 5.97. The summed E-state index contributed by atoms with van der Waals surface area (Å²) in [5.41, 5.74) is 3.99. The number of rotatable bonds is 9. The standard InChI is InChI=1S/C23H33FO2/c1-16-9-8-10-17(2)20(16)13-14-21-19(15-18(3)23(21)24)11-6-4-5-7-12-22(25)26/h4,6,8-10,18-19,21,23H,5,7,11-15H2,1-3H3,(H,25,26)/b6-4-/t18?,19-,21+,23?/m0/s1. The molecule has 0 aromatic heterocycles. The lowest BCUT2D eigenvalue weighted by atomic mass is 9.85. The second-order valence-electron chi connectivity index (χ2n) is 7.98. The maximum atomic E-state index is 14.8. The van der Waals surface area contributed by atoms with Gasteiger partial charge in [0.25, 0.3) is 0 Å². The predicted octanol–water partition coefficient (Wildman–Crippen LogP) is 6.05. The van der Waals surface area contributed by atoms with Crippen molar-refractivity contribution in [2.75, 3.05) is 0 Å². The van der Waals surface area contributed by atoms with Crippen LogP contribution in [0.1, 0.15) is 62.1 Å². The molecule has 1 aromatic carbocycles. The fourth-order valence-corrected chi connectivity index (χ4v) is 4.44. The van der Waals surface area contributed by atoms with Crippen LogP contribution in [0.25, 0.3) is 0 Å². The van der Waals surface area contributed by atoms with Crippen molar-refractivity contribution in [2.45, 2.75) is 71.9 Å². The Morgan fingerprint density at radius 1 is 1.27 bits per heavy atom. The lowest BCUT2D eigenvalue weighted by molar-refractivity contribution is -0.137. The van der Waals surface area contributed by atoms with Crippen LogP contribution in [0.4, 0.5) is 4.39 Å². The van der Waals surface area contributed by atoms with Crippen LogP contribution < -0.4 is 0 Å². The summed E-state index contributed by atoms with van der Waals surface area (Å²) in [6.45, 7) is 6.32. The molecule has 0 amide bonds. The van der Waals surface area contributed by atoms with Crippen LogP contribution in [-0.4, -0.2) is 17.2 Å². The molecule has 26 heavy (non-hydrogen) atoms. The second kappa shape index (κ2) is 9.89. The summed E-state index contributed by atoms with van der Waals surface area (Å²) in [4.78, 5) is 10.5. The van der Waals surface area contributed by atoms with Crippen molar-refractivity contribution in [2.24, 2.45) is 17.8 Å². The van der Waals surface area contributed by atoms with Crippen molar-refractivity contribution >= 4 is 5.97 Å². The number of aliphatic carboxylic acids is 1. The Balaban J connectivity index is 1.90. The van der Waals surface area contributed by atoms with E-state index in [-0.39, 0.29) is 18.3 Å². The molecule has 2 rings (SSSR count). The van der Waals surface area contributed by atoms with Crippen molar-refractivity contribution in [1.29, 1.82) is 0 Å². The highest BCUT2D eigenvalue weighted by Crippen LogP contribution is 2.43. The van der Waals surface area contributed by atoms with Gasteiger partial charge in [0, 0.05) is 6.42 Å². The summed E-state index contributed by atoms with van der Waals surface area (Å²) in [5.74, 6) is -0.0639. The highest BCUT2D eigenvalue weighted by molar-refractivity contribution is 5.66. The van der Waals surface area contributed by atoms with Gasteiger partial charge in [-0.25, -0.2) is 4.39 Å². The second-order valence-corrected chi connectivity index (χ2v) is 7.98. The maximum absolute atomic E-state index is 14.8. The largest absolute Gasteiger partial charge is 0.481 e. The van der Waals surface area contributed by atoms with Crippen LogP contribution in [0.5, 0.6) is 0 Å². The van der Waals surface area contributed by atoms with E-state index in [0.29, 0.717) is 12.3 Å². The molecule has 3 heteroatoms. The zero-order valence-corrected chi connectivity index (χ0v) is 16.4. The van der Waals surface area contributed by atoms with Crippen molar-refractivity contribution in [1.82, 2.24) is 0 Å². The van der Waals surface area contributed by atoms with Crippen LogP contribution in [0.3, 0.4) is 0 Å². The molecule has 1 aromatic rings. The quantitative estimate of drug-likeness (QED) is 0.430. The minimum atomic E-state index is -0.741. The van der Waals surface area contributed by atoms with Gasteiger partial charge < -0.3 is 5.11 Å². The van der Waals surface area contributed by atoms with E-state index in [9.17, 15) is 9.18 Å². The molecule has 1 aliphatic rings. The van der Waals surface area contributed by atoms with E-state index in [4.69, 9.17) is 5.11 Å². The summed E-state index contributed by atoms with van der Waals surface area (Å²) >= 11 is 0. The van der Waals surface area contributed by atoms with E-state index in [2.05, 4.69) is 44.2 Å². The normalized spacial score (nSPS) is 25.8. The number of carboxylic acids is 1. The highest BCUT2D eigenvalue weighted by Gasteiger charge is 2.40. The number of carboxylic acid groups (broad SMARTS) is 1. The molecule has 2 nitrogen and oxygen atoms in total. The number of hydrogen-bond donors (Lipinski definition) is 1. The molecule has 1 fully saturated rings. The molecule has 0 bridgehead atoms.